The van der Waals surface area contributed by atoms with E-state index in [1.165, 1.54) is 19.1 Å². The van der Waals surface area contributed by atoms with Gasteiger partial charge < -0.3 is 14.5 Å². The van der Waals surface area contributed by atoms with Gasteiger partial charge in [0.05, 0.1) is 12.6 Å². The molecule has 1 saturated heterocycles. The lowest BCUT2D eigenvalue weighted by Gasteiger charge is -2.08. The maximum Gasteiger partial charge on any atom is 0.273 e. The van der Waals surface area contributed by atoms with Crippen molar-refractivity contribution in [2.45, 2.75) is 44.1 Å². The van der Waals surface area contributed by atoms with Crippen LogP contribution in [0.4, 0.5) is 0 Å². The Morgan fingerprint density at radius 3 is 2.89 bits per heavy atom. The largest absolute Gasteiger partial charge is 0.448 e. The summed E-state index contributed by atoms with van der Waals surface area (Å²) in [6, 6.07) is 0.115. The Morgan fingerprint density at radius 1 is 1.33 bits per heavy atom. The van der Waals surface area contributed by atoms with Crippen LogP contribution in [0.1, 0.15) is 54.4 Å². The highest BCUT2D eigenvalue weighted by atomic mass is 16.5. The summed E-state index contributed by atoms with van der Waals surface area (Å²) in [6.07, 6.45) is 7.05. The van der Waals surface area contributed by atoms with Gasteiger partial charge in [0.1, 0.15) is 6.26 Å². The Balaban J connectivity index is 1.62. The summed E-state index contributed by atoms with van der Waals surface area (Å²) in [5, 5.41) is 2.91. The van der Waals surface area contributed by atoms with E-state index >= 15 is 0 Å². The molecule has 1 unspecified atom stereocenters. The predicted molar refractivity (Wildman–Crippen MR) is 64.4 cm³/mol. The first kappa shape index (κ1) is 11.7. The third-order valence-electron chi connectivity index (χ3n) is 3.72. The van der Waals surface area contributed by atoms with Crippen molar-refractivity contribution >= 4 is 5.91 Å². The zero-order valence-electron chi connectivity index (χ0n) is 10.4. The second-order valence-corrected chi connectivity index (χ2v) is 5.09. The summed E-state index contributed by atoms with van der Waals surface area (Å²) < 4.78 is 10.7. The second kappa shape index (κ2) is 5.10. The lowest BCUT2D eigenvalue weighted by molar-refractivity contribution is 0.0925. The molecule has 5 nitrogen and oxygen atoms in total. The number of ether oxygens (including phenoxy) is 1. The predicted octanol–water partition coefficient (Wildman–Crippen LogP) is 1.85. The number of carbonyl (C=O) groups is 1. The highest BCUT2D eigenvalue weighted by Crippen LogP contribution is 2.33. The van der Waals surface area contributed by atoms with Gasteiger partial charge in [-0.15, -0.1) is 0 Å². The standard InChI is InChI=1S/C13H18N2O3/c16-12(14-10-5-6-17-7-10)11-8-18-13(15-11)9-3-1-2-4-9/h8-10H,1-7H2,(H,14,16). The Hall–Kier alpha value is -1.36. The van der Waals surface area contributed by atoms with Gasteiger partial charge >= 0.3 is 0 Å². The molecule has 1 atom stereocenters. The summed E-state index contributed by atoms with van der Waals surface area (Å²) in [6.45, 7) is 1.32. The first-order chi connectivity index (χ1) is 8.83. The van der Waals surface area contributed by atoms with E-state index < -0.39 is 0 Å². The fourth-order valence-corrected chi connectivity index (χ4v) is 2.66. The molecule has 2 heterocycles. The third-order valence-corrected chi connectivity index (χ3v) is 3.72. The summed E-state index contributed by atoms with van der Waals surface area (Å²) >= 11 is 0. The minimum absolute atomic E-state index is 0.115. The van der Waals surface area contributed by atoms with Crippen molar-refractivity contribution in [2.75, 3.05) is 13.2 Å². The molecule has 1 N–H and O–H groups in total. The lowest BCUT2D eigenvalue weighted by Crippen LogP contribution is -2.35. The molecule has 1 aromatic rings. The van der Waals surface area contributed by atoms with Crippen molar-refractivity contribution in [1.29, 1.82) is 0 Å². The molecule has 1 aliphatic heterocycles. The highest BCUT2D eigenvalue weighted by molar-refractivity contribution is 5.92. The zero-order chi connectivity index (χ0) is 12.4. The highest BCUT2D eigenvalue weighted by Gasteiger charge is 2.25. The maximum absolute atomic E-state index is 11.9. The number of nitrogens with zero attached hydrogens (tertiary/aromatic N) is 1. The Bertz CT molecular complexity index is 418. The SMILES string of the molecule is O=C(NC1CCOC1)c1coc(C2CCCC2)n1. The van der Waals surface area contributed by atoms with E-state index in [0.29, 0.717) is 18.2 Å². The lowest BCUT2D eigenvalue weighted by atomic mass is 10.1. The average Bonchev–Trinajstić information content (AvgIpc) is 3.11. The maximum atomic E-state index is 11.9. The fraction of sp³-hybridized carbons (Fsp3) is 0.692. The molecule has 5 heteroatoms. The van der Waals surface area contributed by atoms with Crippen molar-refractivity contribution in [3.8, 4) is 0 Å². The van der Waals surface area contributed by atoms with E-state index in [9.17, 15) is 4.79 Å². The van der Waals surface area contributed by atoms with E-state index in [0.717, 1.165) is 31.8 Å². The van der Waals surface area contributed by atoms with E-state index in [1.54, 1.807) is 0 Å². The summed E-state index contributed by atoms with van der Waals surface area (Å²) in [5.74, 6) is 0.972. The second-order valence-electron chi connectivity index (χ2n) is 5.09. The van der Waals surface area contributed by atoms with E-state index in [-0.39, 0.29) is 11.9 Å². The first-order valence-electron chi connectivity index (χ1n) is 6.67. The van der Waals surface area contributed by atoms with Crippen molar-refractivity contribution in [3.05, 3.63) is 17.8 Å². The molecule has 0 bridgehead atoms. The quantitative estimate of drug-likeness (QED) is 0.889. The van der Waals surface area contributed by atoms with Gasteiger partial charge in [0, 0.05) is 12.5 Å². The third kappa shape index (κ3) is 2.41. The number of amides is 1. The molecule has 3 rings (SSSR count). The first-order valence-corrected chi connectivity index (χ1v) is 6.67. The van der Waals surface area contributed by atoms with Gasteiger partial charge in [-0.1, -0.05) is 12.8 Å². The number of hydrogen-bond donors (Lipinski definition) is 1. The van der Waals surface area contributed by atoms with Gasteiger partial charge in [0.2, 0.25) is 0 Å². The van der Waals surface area contributed by atoms with Crippen molar-refractivity contribution in [2.24, 2.45) is 0 Å². The number of carbonyl (C=O) groups excluding carboxylic acids is 1. The zero-order valence-corrected chi connectivity index (χ0v) is 10.4. The van der Waals surface area contributed by atoms with Crippen LogP contribution < -0.4 is 5.32 Å². The van der Waals surface area contributed by atoms with Crippen molar-refractivity contribution < 1.29 is 13.9 Å². The smallest absolute Gasteiger partial charge is 0.273 e. The van der Waals surface area contributed by atoms with Crippen LogP contribution in [0.5, 0.6) is 0 Å². The molecule has 1 aromatic heterocycles. The average molecular weight is 250 g/mol. The normalized spacial score (nSPS) is 24.6. The molecule has 0 spiro atoms. The molecule has 1 aliphatic carbocycles. The molecule has 98 valence electrons. The number of hydrogen-bond acceptors (Lipinski definition) is 4. The Labute approximate surface area is 106 Å². The van der Waals surface area contributed by atoms with Crippen LogP contribution in [0.25, 0.3) is 0 Å². The van der Waals surface area contributed by atoms with Crippen LogP contribution in [0.15, 0.2) is 10.7 Å². The molecule has 18 heavy (non-hydrogen) atoms. The number of oxazole rings is 1. The topological polar surface area (TPSA) is 64.4 Å². The molecule has 1 amide bonds. The Kier molecular flexibility index (Phi) is 3.32. The van der Waals surface area contributed by atoms with E-state index in [2.05, 4.69) is 10.3 Å². The van der Waals surface area contributed by atoms with Gasteiger partial charge in [-0.25, -0.2) is 4.98 Å². The molecular formula is C13H18N2O3. The van der Waals surface area contributed by atoms with Crippen LogP contribution in [0.2, 0.25) is 0 Å². The van der Waals surface area contributed by atoms with Crippen LogP contribution in [0.3, 0.4) is 0 Å². The molecule has 2 fully saturated rings. The van der Waals surface area contributed by atoms with Crippen LogP contribution in [-0.2, 0) is 4.74 Å². The fourth-order valence-electron chi connectivity index (χ4n) is 2.66. The molecule has 0 radical (unpaired) electrons. The van der Waals surface area contributed by atoms with Gasteiger partial charge in [-0.3, -0.25) is 4.79 Å². The number of aromatic nitrogens is 1. The molecule has 2 aliphatic rings. The van der Waals surface area contributed by atoms with Gasteiger partial charge in [-0.2, -0.15) is 0 Å². The molecule has 1 saturated carbocycles. The van der Waals surface area contributed by atoms with Crippen LogP contribution in [-0.4, -0.2) is 30.1 Å². The van der Waals surface area contributed by atoms with Gasteiger partial charge in [-0.05, 0) is 19.3 Å². The van der Waals surface area contributed by atoms with Crippen molar-refractivity contribution in [1.82, 2.24) is 10.3 Å². The van der Waals surface area contributed by atoms with Crippen LogP contribution in [0, 0.1) is 0 Å². The van der Waals surface area contributed by atoms with Gasteiger partial charge in [0.15, 0.2) is 11.6 Å². The number of rotatable bonds is 3. The minimum atomic E-state index is -0.154. The molecular weight excluding hydrogens is 232 g/mol. The molecule has 0 aromatic carbocycles. The summed E-state index contributed by atoms with van der Waals surface area (Å²) in [4.78, 5) is 16.3. The summed E-state index contributed by atoms with van der Waals surface area (Å²) in [7, 11) is 0. The van der Waals surface area contributed by atoms with Crippen molar-refractivity contribution in [3.63, 3.8) is 0 Å². The van der Waals surface area contributed by atoms with Gasteiger partial charge in [0.25, 0.3) is 5.91 Å². The van der Waals surface area contributed by atoms with Crippen LogP contribution >= 0.6 is 0 Å². The Morgan fingerprint density at radius 2 is 2.17 bits per heavy atom. The monoisotopic (exact) mass is 250 g/mol. The summed E-state index contributed by atoms with van der Waals surface area (Å²) in [5.41, 5.74) is 0.392. The number of nitrogens with one attached hydrogen (secondary N) is 1. The van der Waals surface area contributed by atoms with E-state index in [1.807, 2.05) is 0 Å². The minimum Gasteiger partial charge on any atom is -0.448 e. The van der Waals surface area contributed by atoms with E-state index in [4.69, 9.17) is 9.15 Å².